The van der Waals surface area contributed by atoms with E-state index in [0.717, 1.165) is 0 Å². The van der Waals surface area contributed by atoms with Gasteiger partial charge in [-0.25, -0.2) is 0 Å². The van der Waals surface area contributed by atoms with E-state index < -0.39 is 0 Å². The van der Waals surface area contributed by atoms with Crippen molar-refractivity contribution in [3.63, 3.8) is 0 Å². The van der Waals surface area contributed by atoms with E-state index in [9.17, 15) is 0 Å². The highest BCUT2D eigenvalue weighted by Gasteiger charge is 2.08. The van der Waals surface area contributed by atoms with E-state index in [-0.39, 0.29) is 0 Å². The molecular weight excluding hydrogens is 228 g/mol. The van der Waals surface area contributed by atoms with E-state index in [1.807, 2.05) is 0 Å². The molecule has 0 atom stereocenters. The van der Waals surface area contributed by atoms with E-state index in [2.05, 4.69) is 39.8 Å². The summed E-state index contributed by atoms with van der Waals surface area (Å²) in [5, 5.41) is 0. The molecule has 0 saturated heterocycles. The van der Waals surface area contributed by atoms with Gasteiger partial charge in [0.2, 0.25) is 0 Å². The van der Waals surface area contributed by atoms with Crippen LogP contribution in [-0.4, -0.2) is 0 Å². The van der Waals surface area contributed by atoms with Crippen molar-refractivity contribution in [2.45, 2.75) is 105 Å². The molecular formula is C19H38. The van der Waals surface area contributed by atoms with Crippen molar-refractivity contribution in [3.05, 3.63) is 12.2 Å². The van der Waals surface area contributed by atoms with Crippen LogP contribution in [0.4, 0.5) is 0 Å². The Bertz CT molecular complexity index is 195. The Labute approximate surface area is 123 Å². The van der Waals surface area contributed by atoms with Gasteiger partial charge >= 0.3 is 0 Å². The Morgan fingerprint density at radius 1 is 0.632 bits per heavy atom. The smallest absolute Gasteiger partial charge is 0.0351 e. The zero-order valence-corrected chi connectivity index (χ0v) is 14.1. The molecule has 0 aromatic carbocycles. The summed E-state index contributed by atoms with van der Waals surface area (Å²) in [4.78, 5) is 0. The summed E-state index contributed by atoms with van der Waals surface area (Å²) in [5.74, 6) is 0. The Kier molecular flexibility index (Phi) is 12.6. The molecule has 0 amide bonds. The van der Waals surface area contributed by atoms with Crippen molar-refractivity contribution in [1.29, 1.82) is 0 Å². The number of allylic oxidation sites excluding steroid dienone is 2. The van der Waals surface area contributed by atoms with E-state index in [1.54, 1.807) is 0 Å². The SMILES string of the molecule is CCCCC/C=C\CCCCCCCCC(C)(C)C. The lowest BCUT2D eigenvalue weighted by atomic mass is 9.89. The minimum Gasteiger partial charge on any atom is -0.0885 e. The highest BCUT2D eigenvalue weighted by atomic mass is 14.1. The molecule has 114 valence electrons. The lowest BCUT2D eigenvalue weighted by Crippen LogP contribution is -2.03. The van der Waals surface area contributed by atoms with Gasteiger partial charge < -0.3 is 0 Å². The van der Waals surface area contributed by atoms with E-state index >= 15 is 0 Å². The molecule has 0 spiro atoms. The molecule has 0 nitrogen and oxygen atoms in total. The van der Waals surface area contributed by atoms with Gasteiger partial charge in [-0.05, 0) is 37.5 Å². The van der Waals surface area contributed by atoms with Gasteiger partial charge in [-0.3, -0.25) is 0 Å². The summed E-state index contributed by atoms with van der Waals surface area (Å²) < 4.78 is 0. The number of unbranched alkanes of at least 4 members (excludes halogenated alkanes) is 9. The Balaban J connectivity index is 3.10. The van der Waals surface area contributed by atoms with Crippen molar-refractivity contribution in [2.24, 2.45) is 5.41 Å². The summed E-state index contributed by atoms with van der Waals surface area (Å²) in [6, 6.07) is 0. The van der Waals surface area contributed by atoms with Gasteiger partial charge in [0, 0.05) is 0 Å². The van der Waals surface area contributed by atoms with Gasteiger partial charge in [-0.1, -0.05) is 84.8 Å². The van der Waals surface area contributed by atoms with Crippen molar-refractivity contribution in [2.75, 3.05) is 0 Å². The van der Waals surface area contributed by atoms with Crippen LogP contribution in [0.1, 0.15) is 105 Å². The average Bonchev–Trinajstić information content (AvgIpc) is 2.34. The van der Waals surface area contributed by atoms with Crippen LogP contribution in [0.2, 0.25) is 0 Å². The molecule has 0 aliphatic rings. The minimum atomic E-state index is 0.530. The zero-order chi connectivity index (χ0) is 14.4. The second-order valence-electron chi connectivity index (χ2n) is 7.19. The molecule has 0 saturated carbocycles. The summed E-state index contributed by atoms with van der Waals surface area (Å²) in [5.41, 5.74) is 0.530. The lowest BCUT2D eigenvalue weighted by Gasteiger charge is -2.17. The molecule has 0 aliphatic heterocycles. The summed E-state index contributed by atoms with van der Waals surface area (Å²) >= 11 is 0. The number of hydrogen-bond donors (Lipinski definition) is 0. The van der Waals surface area contributed by atoms with Gasteiger partial charge in [-0.15, -0.1) is 0 Å². The molecule has 0 unspecified atom stereocenters. The van der Waals surface area contributed by atoms with Crippen molar-refractivity contribution >= 4 is 0 Å². The van der Waals surface area contributed by atoms with Crippen LogP contribution in [-0.2, 0) is 0 Å². The van der Waals surface area contributed by atoms with Gasteiger partial charge in [0.15, 0.2) is 0 Å². The first-order valence-electron chi connectivity index (χ1n) is 8.71. The predicted octanol–water partition coefficient (Wildman–Crippen LogP) is 7.29. The van der Waals surface area contributed by atoms with Crippen LogP contribution in [0.15, 0.2) is 12.2 Å². The molecule has 0 aliphatic carbocycles. The normalized spacial score (nSPS) is 12.4. The number of rotatable bonds is 12. The van der Waals surface area contributed by atoms with Gasteiger partial charge in [0.25, 0.3) is 0 Å². The van der Waals surface area contributed by atoms with Crippen LogP contribution in [0.5, 0.6) is 0 Å². The molecule has 0 aromatic heterocycles. The maximum atomic E-state index is 2.40. The standard InChI is InChI=1S/C19H38/c1-5-6-7-8-9-10-11-12-13-14-15-16-17-18-19(2,3)4/h9-10H,5-8,11-18H2,1-4H3/b10-9-. The van der Waals surface area contributed by atoms with Gasteiger partial charge in [0.05, 0.1) is 0 Å². The largest absolute Gasteiger partial charge is 0.0885 e. The zero-order valence-electron chi connectivity index (χ0n) is 14.1. The summed E-state index contributed by atoms with van der Waals surface area (Å²) in [6.07, 6.45) is 21.4. The monoisotopic (exact) mass is 266 g/mol. The Morgan fingerprint density at radius 2 is 1.11 bits per heavy atom. The second kappa shape index (κ2) is 12.8. The minimum absolute atomic E-state index is 0.530. The number of hydrogen-bond acceptors (Lipinski definition) is 0. The maximum Gasteiger partial charge on any atom is -0.0351 e. The fourth-order valence-electron chi connectivity index (χ4n) is 2.37. The quantitative estimate of drug-likeness (QED) is 0.257. The summed E-state index contributed by atoms with van der Waals surface area (Å²) in [6.45, 7) is 9.31. The van der Waals surface area contributed by atoms with Gasteiger partial charge in [-0.2, -0.15) is 0 Å². The fraction of sp³-hybridized carbons (Fsp3) is 0.895. The molecule has 0 fully saturated rings. The Morgan fingerprint density at radius 3 is 1.63 bits per heavy atom. The van der Waals surface area contributed by atoms with Crippen LogP contribution in [0.25, 0.3) is 0 Å². The molecule has 0 heteroatoms. The average molecular weight is 267 g/mol. The van der Waals surface area contributed by atoms with Crippen molar-refractivity contribution < 1.29 is 0 Å². The maximum absolute atomic E-state index is 2.40. The van der Waals surface area contributed by atoms with Crippen molar-refractivity contribution in [1.82, 2.24) is 0 Å². The predicted molar refractivity (Wildman–Crippen MR) is 89.7 cm³/mol. The molecule has 0 heterocycles. The molecule has 0 radical (unpaired) electrons. The Hall–Kier alpha value is -0.260. The first-order valence-corrected chi connectivity index (χ1v) is 8.71. The molecule has 0 N–H and O–H groups in total. The molecule has 0 aromatic rings. The topological polar surface area (TPSA) is 0 Å². The van der Waals surface area contributed by atoms with E-state index in [0.29, 0.717) is 5.41 Å². The third-order valence-corrected chi connectivity index (χ3v) is 3.69. The molecule has 0 bridgehead atoms. The first-order chi connectivity index (χ1) is 9.06. The molecule has 0 rings (SSSR count). The van der Waals surface area contributed by atoms with Crippen LogP contribution in [0, 0.1) is 5.41 Å². The summed E-state index contributed by atoms with van der Waals surface area (Å²) in [7, 11) is 0. The third-order valence-electron chi connectivity index (χ3n) is 3.69. The highest BCUT2D eigenvalue weighted by Crippen LogP contribution is 2.22. The highest BCUT2D eigenvalue weighted by molar-refractivity contribution is 4.81. The van der Waals surface area contributed by atoms with Crippen LogP contribution < -0.4 is 0 Å². The fourth-order valence-corrected chi connectivity index (χ4v) is 2.37. The van der Waals surface area contributed by atoms with Crippen LogP contribution >= 0.6 is 0 Å². The van der Waals surface area contributed by atoms with Crippen molar-refractivity contribution in [3.8, 4) is 0 Å². The second-order valence-corrected chi connectivity index (χ2v) is 7.19. The lowest BCUT2D eigenvalue weighted by molar-refractivity contribution is 0.356. The van der Waals surface area contributed by atoms with Crippen LogP contribution in [0.3, 0.4) is 0 Å². The van der Waals surface area contributed by atoms with E-state index in [4.69, 9.17) is 0 Å². The third kappa shape index (κ3) is 17.7. The van der Waals surface area contributed by atoms with E-state index in [1.165, 1.54) is 77.0 Å². The molecule has 19 heavy (non-hydrogen) atoms. The first kappa shape index (κ1) is 18.7. The van der Waals surface area contributed by atoms with Gasteiger partial charge in [0.1, 0.15) is 0 Å².